The van der Waals surface area contributed by atoms with Gasteiger partial charge in [0.2, 0.25) is 0 Å². The zero-order valence-corrected chi connectivity index (χ0v) is 10.00. The molecule has 1 aromatic heterocycles. The molecule has 1 rings (SSSR count). The molecule has 1 N–H and O–H groups in total. The van der Waals surface area contributed by atoms with Crippen molar-refractivity contribution in [2.24, 2.45) is 0 Å². The topological polar surface area (TPSA) is 29.9 Å². The van der Waals surface area contributed by atoms with Gasteiger partial charge in [-0.25, -0.2) is 0 Å². The van der Waals surface area contributed by atoms with E-state index in [0.29, 0.717) is 0 Å². The van der Waals surface area contributed by atoms with Crippen molar-refractivity contribution >= 4 is 0 Å². The Balaban J connectivity index is 1.96. The van der Waals surface area contributed by atoms with E-state index in [9.17, 15) is 0 Å². The van der Waals surface area contributed by atoms with Gasteiger partial charge in [-0.05, 0) is 45.3 Å². The summed E-state index contributed by atoms with van der Waals surface area (Å²) in [6.07, 6.45) is 6.90. The van der Waals surface area contributed by atoms with Gasteiger partial charge in [0.25, 0.3) is 0 Å². The van der Waals surface area contributed by atoms with Crippen molar-refractivity contribution < 1.29 is 0 Å². The number of rotatable bonds is 8. The molecule has 0 saturated carbocycles. The molecule has 1 heterocycles. The van der Waals surface area contributed by atoms with Crippen LogP contribution in [0.25, 0.3) is 0 Å². The van der Waals surface area contributed by atoms with Crippen LogP contribution in [0.1, 0.15) is 38.3 Å². The van der Waals surface area contributed by atoms with E-state index in [1.165, 1.54) is 31.4 Å². The number of hydrogen-bond acceptors (Lipinski definition) is 2. The van der Waals surface area contributed by atoms with E-state index >= 15 is 0 Å². The highest BCUT2D eigenvalue weighted by atomic mass is 15.3. The Hall–Kier alpha value is -0.830. The number of aromatic nitrogens is 2. The lowest BCUT2D eigenvalue weighted by atomic mass is 10.2. The molecule has 0 radical (unpaired) electrons. The molecule has 0 bridgehead atoms. The maximum absolute atomic E-state index is 4.26. The average Bonchev–Trinajstić information content (AvgIpc) is 2.63. The highest BCUT2D eigenvalue weighted by molar-refractivity contribution is 4.96. The maximum atomic E-state index is 4.26. The summed E-state index contributed by atoms with van der Waals surface area (Å²) in [6.45, 7) is 7.68. The standard InChI is InChI=1S/C12H23N3/c1-3-8-13-9-5-4-6-11-15-12(2)7-10-14-15/h7,10,13H,3-6,8-9,11H2,1-2H3. The van der Waals surface area contributed by atoms with E-state index < -0.39 is 0 Å². The van der Waals surface area contributed by atoms with Crippen molar-refractivity contribution in [3.05, 3.63) is 18.0 Å². The molecule has 0 aliphatic heterocycles. The van der Waals surface area contributed by atoms with Crippen molar-refractivity contribution in [1.29, 1.82) is 0 Å². The summed E-state index contributed by atoms with van der Waals surface area (Å²) in [6, 6.07) is 2.06. The summed E-state index contributed by atoms with van der Waals surface area (Å²) in [4.78, 5) is 0. The van der Waals surface area contributed by atoms with Gasteiger partial charge >= 0.3 is 0 Å². The molecule has 15 heavy (non-hydrogen) atoms. The fraction of sp³-hybridized carbons (Fsp3) is 0.750. The first kappa shape index (κ1) is 12.2. The normalized spacial score (nSPS) is 10.8. The lowest BCUT2D eigenvalue weighted by Crippen LogP contribution is -2.15. The molecule has 0 amide bonds. The van der Waals surface area contributed by atoms with Gasteiger partial charge in [0.15, 0.2) is 0 Å². The molecule has 3 nitrogen and oxygen atoms in total. The van der Waals surface area contributed by atoms with Gasteiger partial charge in [0.1, 0.15) is 0 Å². The van der Waals surface area contributed by atoms with Crippen LogP contribution in [0.3, 0.4) is 0 Å². The van der Waals surface area contributed by atoms with E-state index in [1.807, 2.05) is 6.20 Å². The third kappa shape index (κ3) is 4.98. The smallest absolute Gasteiger partial charge is 0.0492 e. The molecule has 0 aromatic carbocycles. The van der Waals surface area contributed by atoms with E-state index in [-0.39, 0.29) is 0 Å². The third-order valence-corrected chi connectivity index (χ3v) is 2.58. The maximum Gasteiger partial charge on any atom is 0.0492 e. The van der Waals surface area contributed by atoms with Crippen LogP contribution in [-0.2, 0) is 6.54 Å². The Morgan fingerprint density at radius 2 is 2.13 bits per heavy atom. The van der Waals surface area contributed by atoms with E-state index in [2.05, 4.69) is 35.0 Å². The van der Waals surface area contributed by atoms with Crippen LogP contribution in [0.4, 0.5) is 0 Å². The molecule has 0 spiro atoms. The summed E-state index contributed by atoms with van der Waals surface area (Å²) in [5, 5.41) is 7.68. The first-order valence-corrected chi connectivity index (χ1v) is 6.03. The molecule has 0 aliphatic rings. The van der Waals surface area contributed by atoms with Crippen LogP contribution in [0, 0.1) is 6.92 Å². The largest absolute Gasteiger partial charge is 0.317 e. The summed E-state index contributed by atoms with van der Waals surface area (Å²) in [7, 11) is 0. The monoisotopic (exact) mass is 209 g/mol. The lowest BCUT2D eigenvalue weighted by Gasteiger charge is -2.05. The Kier molecular flexibility index (Phi) is 6.09. The van der Waals surface area contributed by atoms with Gasteiger partial charge in [0.05, 0.1) is 0 Å². The van der Waals surface area contributed by atoms with Crippen molar-refractivity contribution in [2.75, 3.05) is 13.1 Å². The van der Waals surface area contributed by atoms with E-state index in [4.69, 9.17) is 0 Å². The number of hydrogen-bond donors (Lipinski definition) is 1. The van der Waals surface area contributed by atoms with Crippen molar-refractivity contribution in [3.8, 4) is 0 Å². The quantitative estimate of drug-likeness (QED) is 0.666. The number of nitrogens with zero attached hydrogens (tertiary/aromatic N) is 2. The molecule has 86 valence electrons. The van der Waals surface area contributed by atoms with Gasteiger partial charge < -0.3 is 5.32 Å². The number of unbranched alkanes of at least 4 members (excludes halogenated alkanes) is 2. The highest BCUT2D eigenvalue weighted by Gasteiger charge is 1.96. The van der Waals surface area contributed by atoms with E-state index in [0.717, 1.165) is 19.6 Å². The van der Waals surface area contributed by atoms with Gasteiger partial charge in [0, 0.05) is 18.4 Å². The highest BCUT2D eigenvalue weighted by Crippen LogP contribution is 2.01. The minimum Gasteiger partial charge on any atom is -0.317 e. The molecule has 0 fully saturated rings. The summed E-state index contributed by atoms with van der Waals surface area (Å²) >= 11 is 0. The van der Waals surface area contributed by atoms with E-state index in [1.54, 1.807) is 0 Å². The first-order chi connectivity index (χ1) is 7.34. The molecule has 0 saturated heterocycles. The van der Waals surface area contributed by atoms with Crippen molar-refractivity contribution in [3.63, 3.8) is 0 Å². The molecular weight excluding hydrogens is 186 g/mol. The first-order valence-electron chi connectivity index (χ1n) is 6.03. The van der Waals surface area contributed by atoms with Gasteiger partial charge in [-0.2, -0.15) is 5.10 Å². The predicted molar refractivity (Wildman–Crippen MR) is 64.0 cm³/mol. The minimum absolute atomic E-state index is 1.06. The lowest BCUT2D eigenvalue weighted by molar-refractivity contribution is 0.521. The van der Waals surface area contributed by atoms with Crippen LogP contribution in [0.5, 0.6) is 0 Å². The summed E-state index contributed by atoms with van der Waals surface area (Å²) < 4.78 is 2.08. The van der Waals surface area contributed by atoms with Crippen LogP contribution < -0.4 is 5.32 Å². The zero-order chi connectivity index (χ0) is 10.9. The second-order valence-corrected chi connectivity index (χ2v) is 4.01. The third-order valence-electron chi connectivity index (χ3n) is 2.58. The Labute approximate surface area is 92.9 Å². The van der Waals surface area contributed by atoms with Crippen molar-refractivity contribution in [2.45, 2.75) is 46.1 Å². The van der Waals surface area contributed by atoms with Crippen LogP contribution >= 0.6 is 0 Å². The van der Waals surface area contributed by atoms with Gasteiger partial charge in [-0.1, -0.05) is 13.3 Å². The van der Waals surface area contributed by atoms with Crippen molar-refractivity contribution in [1.82, 2.24) is 15.1 Å². The van der Waals surface area contributed by atoms with Crippen LogP contribution in [0.15, 0.2) is 12.3 Å². The molecular formula is C12H23N3. The van der Waals surface area contributed by atoms with Gasteiger partial charge in [-0.3, -0.25) is 4.68 Å². The fourth-order valence-electron chi connectivity index (χ4n) is 1.62. The summed E-state index contributed by atoms with van der Waals surface area (Å²) in [5.74, 6) is 0. The zero-order valence-electron chi connectivity index (χ0n) is 10.00. The Morgan fingerprint density at radius 3 is 2.80 bits per heavy atom. The molecule has 0 unspecified atom stereocenters. The number of aryl methyl sites for hydroxylation is 2. The minimum atomic E-state index is 1.06. The second kappa shape index (κ2) is 7.46. The fourth-order valence-corrected chi connectivity index (χ4v) is 1.62. The second-order valence-electron chi connectivity index (χ2n) is 4.01. The SMILES string of the molecule is CCCNCCCCCn1nccc1C. The Morgan fingerprint density at radius 1 is 1.27 bits per heavy atom. The van der Waals surface area contributed by atoms with Gasteiger partial charge in [-0.15, -0.1) is 0 Å². The Bertz CT molecular complexity index is 255. The number of nitrogens with one attached hydrogen (secondary N) is 1. The average molecular weight is 209 g/mol. The van der Waals surface area contributed by atoms with Crippen LogP contribution in [0.2, 0.25) is 0 Å². The van der Waals surface area contributed by atoms with Crippen LogP contribution in [-0.4, -0.2) is 22.9 Å². The molecule has 0 aliphatic carbocycles. The summed E-state index contributed by atoms with van der Waals surface area (Å²) in [5.41, 5.74) is 1.26. The molecule has 3 heteroatoms. The predicted octanol–water partition coefficient (Wildman–Crippen LogP) is 2.36. The molecule has 0 atom stereocenters. The molecule has 1 aromatic rings.